The van der Waals surface area contributed by atoms with E-state index in [-0.39, 0.29) is 11.3 Å². The molecule has 4 rings (SSSR count). The number of aromatic nitrogens is 2. The van der Waals surface area contributed by atoms with Crippen molar-refractivity contribution in [3.8, 4) is 0 Å². The van der Waals surface area contributed by atoms with E-state index in [4.69, 9.17) is 4.42 Å². The first kappa shape index (κ1) is 17.1. The zero-order valence-electron chi connectivity index (χ0n) is 15.0. The van der Waals surface area contributed by atoms with Crippen molar-refractivity contribution in [3.63, 3.8) is 0 Å². The number of aromatic amines is 1. The van der Waals surface area contributed by atoms with Gasteiger partial charge >= 0.3 is 0 Å². The zero-order valence-corrected chi connectivity index (χ0v) is 15.8. The lowest BCUT2D eigenvalue weighted by Crippen LogP contribution is -2.32. The largest absolute Gasteiger partial charge is 0.465 e. The van der Waals surface area contributed by atoms with Crippen molar-refractivity contribution >= 4 is 23.4 Å². The van der Waals surface area contributed by atoms with Gasteiger partial charge in [0.25, 0.3) is 5.56 Å². The molecule has 1 aliphatic carbocycles. The molecule has 136 valence electrons. The number of allylic oxidation sites excluding steroid dienone is 2. The van der Waals surface area contributed by atoms with E-state index in [9.17, 15) is 9.59 Å². The van der Waals surface area contributed by atoms with Gasteiger partial charge < -0.3 is 14.7 Å². The maximum atomic E-state index is 12.9. The van der Waals surface area contributed by atoms with Crippen LogP contribution >= 0.6 is 11.8 Å². The molecule has 0 amide bonds. The molecular weight excluding hydrogens is 350 g/mol. The molecular formula is C19H21N3O3S. The van der Waals surface area contributed by atoms with Crippen LogP contribution in [0, 0.1) is 6.92 Å². The van der Waals surface area contributed by atoms with Gasteiger partial charge in [0.1, 0.15) is 17.3 Å². The number of carbonyl (C=O) groups excluding carboxylic acids is 1. The molecule has 0 spiro atoms. The highest BCUT2D eigenvalue weighted by atomic mass is 32.2. The number of anilines is 1. The van der Waals surface area contributed by atoms with Crippen LogP contribution in [-0.2, 0) is 4.79 Å². The number of Topliss-reactive ketones (excluding diaryl/α,β-unsaturated/α-hetero) is 1. The Morgan fingerprint density at radius 1 is 1.27 bits per heavy atom. The van der Waals surface area contributed by atoms with Gasteiger partial charge in [0.05, 0.1) is 11.5 Å². The number of rotatable bonds is 3. The van der Waals surface area contributed by atoms with Crippen molar-refractivity contribution in [2.45, 2.75) is 56.4 Å². The predicted molar refractivity (Wildman–Crippen MR) is 101 cm³/mol. The van der Waals surface area contributed by atoms with Crippen LogP contribution in [0.2, 0.25) is 0 Å². The van der Waals surface area contributed by atoms with E-state index in [1.54, 1.807) is 0 Å². The van der Waals surface area contributed by atoms with Crippen LogP contribution in [0.15, 0.2) is 37.8 Å². The number of hydrogen-bond acceptors (Lipinski definition) is 6. The van der Waals surface area contributed by atoms with Crippen molar-refractivity contribution in [2.75, 3.05) is 5.32 Å². The molecule has 0 saturated carbocycles. The minimum Gasteiger partial charge on any atom is -0.465 e. The average Bonchev–Trinajstić information content (AvgIpc) is 2.98. The van der Waals surface area contributed by atoms with Gasteiger partial charge in [-0.1, -0.05) is 25.6 Å². The van der Waals surface area contributed by atoms with E-state index < -0.39 is 5.92 Å². The highest BCUT2D eigenvalue weighted by Gasteiger charge is 2.39. The molecule has 26 heavy (non-hydrogen) atoms. The third kappa shape index (κ3) is 2.90. The number of thioether (sulfide) groups is 1. The van der Waals surface area contributed by atoms with Crippen LogP contribution in [0.25, 0.3) is 0 Å². The van der Waals surface area contributed by atoms with Crippen molar-refractivity contribution in [2.24, 2.45) is 0 Å². The molecule has 0 radical (unpaired) electrons. The van der Waals surface area contributed by atoms with Gasteiger partial charge in [0, 0.05) is 22.9 Å². The Kier molecular flexibility index (Phi) is 4.26. The lowest BCUT2D eigenvalue weighted by atomic mass is 9.79. The second-order valence-corrected chi connectivity index (χ2v) is 8.54. The van der Waals surface area contributed by atoms with Gasteiger partial charge in [0.2, 0.25) is 0 Å². The van der Waals surface area contributed by atoms with E-state index >= 15 is 0 Å². The predicted octanol–water partition coefficient (Wildman–Crippen LogP) is 3.74. The lowest BCUT2D eigenvalue weighted by molar-refractivity contribution is -0.116. The first-order valence-electron chi connectivity index (χ1n) is 8.84. The topological polar surface area (TPSA) is 88.0 Å². The van der Waals surface area contributed by atoms with E-state index in [2.05, 4.69) is 15.3 Å². The Balaban J connectivity index is 1.92. The number of carbonyl (C=O) groups is 1. The molecule has 1 atom stereocenters. The molecule has 1 aliphatic heterocycles. The molecule has 3 heterocycles. The SMILES string of the molecule is Cc1ccc([C@H]2C3=C(CCCC3=O)Nc3nc(SC(C)C)[nH]c(=O)c32)o1. The summed E-state index contributed by atoms with van der Waals surface area (Å²) in [5, 5.41) is 4.14. The normalized spacial score (nSPS) is 19.4. The summed E-state index contributed by atoms with van der Waals surface area (Å²) >= 11 is 1.50. The van der Waals surface area contributed by atoms with Crippen LogP contribution in [0.3, 0.4) is 0 Å². The van der Waals surface area contributed by atoms with Crippen LogP contribution < -0.4 is 10.9 Å². The maximum absolute atomic E-state index is 12.9. The van der Waals surface area contributed by atoms with Gasteiger partial charge in [-0.2, -0.15) is 0 Å². The molecule has 0 unspecified atom stereocenters. The van der Waals surface area contributed by atoms with Crippen molar-refractivity contribution in [3.05, 3.63) is 50.8 Å². The summed E-state index contributed by atoms with van der Waals surface area (Å²) < 4.78 is 5.83. The van der Waals surface area contributed by atoms with Gasteiger partial charge in [-0.15, -0.1) is 0 Å². The van der Waals surface area contributed by atoms with Crippen LogP contribution in [0.4, 0.5) is 5.82 Å². The molecule has 2 aliphatic rings. The van der Waals surface area contributed by atoms with E-state index in [1.165, 1.54) is 11.8 Å². The Morgan fingerprint density at radius 3 is 2.77 bits per heavy atom. The number of nitrogens with one attached hydrogen (secondary N) is 2. The van der Waals surface area contributed by atoms with E-state index in [0.29, 0.717) is 39.5 Å². The monoisotopic (exact) mass is 371 g/mol. The fourth-order valence-corrected chi connectivity index (χ4v) is 4.35. The molecule has 7 heteroatoms. The minimum absolute atomic E-state index is 0.0727. The summed E-state index contributed by atoms with van der Waals surface area (Å²) in [5.41, 5.74) is 1.75. The minimum atomic E-state index is -0.503. The van der Waals surface area contributed by atoms with E-state index in [1.807, 2.05) is 32.9 Å². The molecule has 0 fully saturated rings. The number of nitrogens with zero attached hydrogens (tertiary/aromatic N) is 1. The number of fused-ring (bicyclic) bond motifs is 1. The molecule has 0 saturated heterocycles. The average molecular weight is 371 g/mol. The summed E-state index contributed by atoms with van der Waals surface area (Å²) in [7, 11) is 0. The van der Waals surface area contributed by atoms with Crippen LogP contribution in [0.1, 0.15) is 56.1 Å². The fourth-order valence-electron chi connectivity index (χ4n) is 3.61. The van der Waals surface area contributed by atoms with Crippen molar-refractivity contribution < 1.29 is 9.21 Å². The van der Waals surface area contributed by atoms with E-state index in [0.717, 1.165) is 24.3 Å². The van der Waals surface area contributed by atoms with Gasteiger partial charge in [-0.25, -0.2) is 4.98 Å². The molecule has 2 N–H and O–H groups in total. The second-order valence-electron chi connectivity index (χ2n) is 6.98. The molecule has 0 bridgehead atoms. The standard InChI is InChI=1S/C19H21N3O3S/c1-9(2)26-19-21-17-16(18(24)22-19)15(13-8-7-10(3)25-13)14-11(20-17)5-4-6-12(14)23/h7-9,15H,4-6H2,1-3H3,(H2,20,21,22,24)/t15-/m0/s1. The molecule has 2 aromatic rings. The molecule has 2 aromatic heterocycles. The first-order valence-corrected chi connectivity index (χ1v) is 9.72. The number of hydrogen-bond donors (Lipinski definition) is 2. The highest BCUT2D eigenvalue weighted by Crippen LogP contribution is 2.43. The quantitative estimate of drug-likeness (QED) is 0.631. The van der Waals surface area contributed by atoms with Crippen LogP contribution in [0.5, 0.6) is 0 Å². The summed E-state index contributed by atoms with van der Waals surface area (Å²) in [4.78, 5) is 33.1. The third-order valence-corrected chi connectivity index (χ3v) is 5.52. The third-order valence-electron chi connectivity index (χ3n) is 4.63. The fraction of sp³-hybridized carbons (Fsp3) is 0.421. The second kappa shape index (κ2) is 6.46. The van der Waals surface area contributed by atoms with Gasteiger partial charge in [-0.05, 0) is 31.9 Å². The summed E-state index contributed by atoms with van der Waals surface area (Å²) in [6, 6.07) is 3.70. The Morgan fingerprint density at radius 2 is 2.08 bits per heavy atom. The zero-order chi connectivity index (χ0) is 18.4. The summed E-state index contributed by atoms with van der Waals surface area (Å²) in [5.74, 6) is 1.47. The number of aryl methyl sites for hydroxylation is 1. The number of H-pyrrole nitrogens is 1. The highest BCUT2D eigenvalue weighted by molar-refractivity contribution is 7.99. The maximum Gasteiger partial charge on any atom is 0.257 e. The first-order chi connectivity index (χ1) is 12.4. The number of ketones is 1. The smallest absolute Gasteiger partial charge is 0.257 e. The van der Waals surface area contributed by atoms with Crippen molar-refractivity contribution in [1.29, 1.82) is 0 Å². The molecule has 0 aromatic carbocycles. The molecule has 6 nitrogen and oxygen atoms in total. The summed E-state index contributed by atoms with van der Waals surface area (Å²) in [6.45, 7) is 5.95. The van der Waals surface area contributed by atoms with Gasteiger partial charge in [0.15, 0.2) is 10.9 Å². The Hall–Kier alpha value is -2.28. The van der Waals surface area contributed by atoms with Crippen molar-refractivity contribution in [1.82, 2.24) is 9.97 Å². The van der Waals surface area contributed by atoms with Crippen LogP contribution in [-0.4, -0.2) is 21.0 Å². The Bertz CT molecular complexity index is 971. The van der Waals surface area contributed by atoms with Gasteiger partial charge in [-0.3, -0.25) is 9.59 Å². The lowest BCUT2D eigenvalue weighted by Gasteiger charge is -2.31. The number of furan rings is 1. The summed E-state index contributed by atoms with van der Waals surface area (Å²) in [6.07, 6.45) is 2.08. The Labute approximate surface area is 155 Å².